The first-order valence-corrected chi connectivity index (χ1v) is 13.5. The lowest BCUT2D eigenvalue weighted by atomic mass is 9.95. The molecule has 2 aliphatic heterocycles. The number of benzene rings is 1. The predicted molar refractivity (Wildman–Crippen MR) is 143 cm³/mol. The average Bonchev–Trinajstić information content (AvgIpc) is 3.42. The van der Waals surface area contributed by atoms with Crippen molar-refractivity contribution in [2.75, 3.05) is 36.1 Å². The maximum Gasteiger partial charge on any atom is 0.413 e. The standard InChI is InChI=1S/C25H22BrClN4O5S/c26-21-3-4-23(37-21)36-25(34)29-19-13-31(24(33)17(19)11-15-5-7-28-8-6-15)16-1-2-20(18(27)12-16)30-9-10-35-14-22(30)32/h1-8,12,17,19H,9-11,13-14H2,(H,29,34). The lowest BCUT2D eigenvalue weighted by Crippen LogP contribution is -2.42. The van der Waals surface area contributed by atoms with Crippen LogP contribution in [0.25, 0.3) is 0 Å². The van der Waals surface area contributed by atoms with Gasteiger partial charge in [-0.1, -0.05) is 22.9 Å². The molecular formula is C25H22BrClN4O5S. The molecule has 3 amide bonds. The van der Waals surface area contributed by atoms with Gasteiger partial charge in [0.15, 0.2) is 5.06 Å². The number of morpholine rings is 1. The maximum absolute atomic E-state index is 13.6. The zero-order valence-corrected chi connectivity index (χ0v) is 22.6. The largest absolute Gasteiger partial charge is 0.413 e. The molecule has 2 saturated heterocycles. The third-order valence-electron chi connectivity index (χ3n) is 6.22. The van der Waals surface area contributed by atoms with Gasteiger partial charge in [-0.15, -0.1) is 0 Å². The molecule has 192 valence electrons. The normalized spacial score (nSPS) is 19.8. The molecule has 0 radical (unpaired) electrons. The Hall–Kier alpha value is -2.99. The van der Waals surface area contributed by atoms with Crippen LogP contribution in [0.15, 0.2) is 58.6 Å². The molecule has 1 N–H and O–H groups in total. The van der Waals surface area contributed by atoms with Crippen molar-refractivity contribution < 1.29 is 23.9 Å². The van der Waals surface area contributed by atoms with E-state index in [4.69, 9.17) is 21.1 Å². The molecule has 1 aromatic carbocycles. The van der Waals surface area contributed by atoms with E-state index in [1.54, 1.807) is 52.5 Å². The van der Waals surface area contributed by atoms with Crippen molar-refractivity contribution in [3.8, 4) is 5.06 Å². The molecule has 37 heavy (non-hydrogen) atoms. The highest BCUT2D eigenvalue weighted by Crippen LogP contribution is 2.35. The smallest absolute Gasteiger partial charge is 0.399 e. The molecule has 2 aliphatic rings. The Labute approximate surface area is 230 Å². The number of thiophene rings is 1. The van der Waals surface area contributed by atoms with Crippen LogP contribution in [0.4, 0.5) is 16.2 Å². The summed E-state index contributed by atoms with van der Waals surface area (Å²) in [5, 5.41) is 3.67. The Morgan fingerprint density at radius 1 is 1.19 bits per heavy atom. The molecule has 2 atom stereocenters. The van der Waals surface area contributed by atoms with Crippen LogP contribution >= 0.6 is 38.9 Å². The molecule has 2 aromatic heterocycles. The van der Waals surface area contributed by atoms with Gasteiger partial charge in [-0.25, -0.2) is 4.79 Å². The molecule has 0 bridgehead atoms. The third-order valence-corrected chi connectivity index (χ3v) is 8.02. The van der Waals surface area contributed by atoms with Crippen molar-refractivity contribution in [2.24, 2.45) is 5.92 Å². The Morgan fingerprint density at radius 2 is 2.00 bits per heavy atom. The number of anilines is 2. The quantitative estimate of drug-likeness (QED) is 0.450. The number of halogens is 2. The molecule has 12 heteroatoms. The Kier molecular flexibility index (Phi) is 7.75. The molecule has 0 saturated carbocycles. The molecule has 4 heterocycles. The van der Waals surface area contributed by atoms with Crippen LogP contribution < -0.4 is 19.9 Å². The van der Waals surface area contributed by atoms with E-state index in [1.807, 2.05) is 12.1 Å². The van der Waals surface area contributed by atoms with Crippen LogP contribution in [0, 0.1) is 5.92 Å². The molecular weight excluding hydrogens is 584 g/mol. The molecule has 9 nitrogen and oxygen atoms in total. The molecule has 5 rings (SSSR count). The van der Waals surface area contributed by atoms with E-state index in [0.717, 1.165) is 9.35 Å². The molecule has 0 aliphatic carbocycles. The van der Waals surface area contributed by atoms with Crippen LogP contribution in [0.3, 0.4) is 0 Å². The minimum absolute atomic E-state index is 0.00521. The summed E-state index contributed by atoms with van der Waals surface area (Å²) in [6, 6.07) is 11.8. The average molecular weight is 606 g/mol. The van der Waals surface area contributed by atoms with Crippen molar-refractivity contribution in [1.82, 2.24) is 10.3 Å². The van der Waals surface area contributed by atoms with Gasteiger partial charge in [0.1, 0.15) is 6.61 Å². The van der Waals surface area contributed by atoms with Crippen molar-refractivity contribution in [2.45, 2.75) is 12.5 Å². The Bertz CT molecular complexity index is 1320. The number of nitrogens with one attached hydrogen (secondary N) is 1. The summed E-state index contributed by atoms with van der Waals surface area (Å²) in [6.07, 6.45) is 3.13. The Balaban J connectivity index is 1.37. The summed E-state index contributed by atoms with van der Waals surface area (Å²) in [6.45, 7) is 1.08. The SMILES string of the molecule is O=C(NC1CN(c2ccc(N3CCOCC3=O)c(Cl)c2)C(=O)C1Cc1ccncc1)Oc1ccc(Br)s1. The highest BCUT2D eigenvalue weighted by atomic mass is 79.9. The second kappa shape index (κ2) is 11.2. The number of aromatic nitrogens is 1. The van der Waals surface area contributed by atoms with Crippen molar-refractivity contribution in [3.05, 3.63) is 69.2 Å². The van der Waals surface area contributed by atoms with Crippen LogP contribution in [0.5, 0.6) is 5.06 Å². The number of nitrogens with zero attached hydrogens (tertiary/aromatic N) is 3. The maximum atomic E-state index is 13.6. The minimum Gasteiger partial charge on any atom is -0.399 e. The molecule has 2 unspecified atom stereocenters. The first kappa shape index (κ1) is 25.7. The van der Waals surface area contributed by atoms with Gasteiger partial charge < -0.3 is 24.6 Å². The van der Waals surface area contributed by atoms with Crippen LogP contribution in [0.1, 0.15) is 5.56 Å². The summed E-state index contributed by atoms with van der Waals surface area (Å²) < 4.78 is 11.5. The van der Waals surface area contributed by atoms with E-state index in [9.17, 15) is 14.4 Å². The monoisotopic (exact) mass is 604 g/mol. The summed E-state index contributed by atoms with van der Waals surface area (Å²) in [4.78, 5) is 45.8. The second-order valence-corrected chi connectivity index (χ2v) is 11.4. The number of amides is 3. The van der Waals surface area contributed by atoms with Gasteiger partial charge in [0.2, 0.25) is 5.91 Å². The number of rotatable bonds is 6. The van der Waals surface area contributed by atoms with Gasteiger partial charge >= 0.3 is 6.09 Å². The topological polar surface area (TPSA) is 101 Å². The van der Waals surface area contributed by atoms with Crippen LogP contribution in [0.2, 0.25) is 5.02 Å². The fourth-order valence-corrected chi connectivity index (χ4v) is 5.92. The van der Waals surface area contributed by atoms with Crippen molar-refractivity contribution >= 4 is 68.2 Å². The van der Waals surface area contributed by atoms with E-state index in [0.29, 0.717) is 41.0 Å². The number of hydrogen-bond donors (Lipinski definition) is 1. The highest BCUT2D eigenvalue weighted by Gasteiger charge is 2.42. The summed E-state index contributed by atoms with van der Waals surface area (Å²) in [5.74, 6) is -0.840. The lowest BCUT2D eigenvalue weighted by molar-refractivity contribution is -0.125. The van der Waals surface area contributed by atoms with Gasteiger partial charge in [0.05, 0.1) is 33.1 Å². The van der Waals surface area contributed by atoms with Crippen LogP contribution in [-0.2, 0) is 20.7 Å². The summed E-state index contributed by atoms with van der Waals surface area (Å²) in [7, 11) is 0. The van der Waals surface area contributed by atoms with Gasteiger partial charge in [-0.05, 0) is 70.4 Å². The van der Waals surface area contributed by atoms with Gasteiger partial charge in [-0.3, -0.25) is 14.6 Å². The van der Waals surface area contributed by atoms with Crippen molar-refractivity contribution in [1.29, 1.82) is 0 Å². The fourth-order valence-electron chi connectivity index (χ4n) is 4.45. The van der Waals surface area contributed by atoms with E-state index in [2.05, 4.69) is 26.2 Å². The van der Waals surface area contributed by atoms with Gasteiger partial charge in [0.25, 0.3) is 5.91 Å². The van der Waals surface area contributed by atoms with Gasteiger partial charge in [0, 0.05) is 31.2 Å². The molecule has 3 aromatic rings. The van der Waals surface area contributed by atoms with E-state index < -0.39 is 18.1 Å². The zero-order valence-electron chi connectivity index (χ0n) is 19.4. The predicted octanol–water partition coefficient (Wildman–Crippen LogP) is 4.28. The van der Waals surface area contributed by atoms with E-state index in [1.165, 1.54) is 11.3 Å². The minimum atomic E-state index is -0.632. The number of carbonyl (C=O) groups is 3. The Morgan fingerprint density at radius 3 is 2.70 bits per heavy atom. The summed E-state index contributed by atoms with van der Waals surface area (Å²) >= 11 is 11.2. The number of pyridine rings is 1. The number of ether oxygens (including phenoxy) is 2. The van der Waals surface area contributed by atoms with E-state index >= 15 is 0 Å². The number of hydrogen-bond acceptors (Lipinski definition) is 7. The fraction of sp³-hybridized carbons (Fsp3) is 0.280. The van der Waals surface area contributed by atoms with Crippen molar-refractivity contribution in [3.63, 3.8) is 0 Å². The van der Waals surface area contributed by atoms with Crippen LogP contribution in [-0.4, -0.2) is 55.2 Å². The first-order valence-electron chi connectivity index (χ1n) is 11.5. The lowest BCUT2D eigenvalue weighted by Gasteiger charge is -2.28. The molecule has 0 spiro atoms. The molecule has 2 fully saturated rings. The highest BCUT2D eigenvalue weighted by molar-refractivity contribution is 9.11. The number of carbonyl (C=O) groups excluding carboxylic acids is 3. The van der Waals surface area contributed by atoms with Gasteiger partial charge in [-0.2, -0.15) is 0 Å². The third kappa shape index (κ3) is 5.80. The zero-order chi connectivity index (χ0) is 25.9. The second-order valence-electron chi connectivity index (χ2n) is 8.55. The first-order chi connectivity index (χ1) is 17.9. The van der Waals surface area contributed by atoms with E-state index in [-0.39, 0.29) is 25.0 Å². The summed E-state index contributed by atoms with van der Waals surface area (Å²) in [5.41, 5.74) is 2.08.